The molecule has 10 nitrogen and oxygen atoms in total. The first-order chi connectivity index (χ1) is 21.0. The zero-order valence-electron chi connectivity index (χ0n) is 25.3. The molecule has 1 fully saturated rings. The summed E-state index contributed by atoms with van der Waals surface area (Å²) in [4.78, 5) is 54.4. The number of hydrogen-bond acceptors (Lipinski definition) is 6. The van der Waals surface area contributed by atoms with Crippen LogP contribution >= 0.6 is 0 Å². The van der Waals surface area contributed by atoms with Crippen LogP contribution in [0.1, 0.15) is 50.3 Å². The maximum atomic E-state index is 13.6. The number of benzene rings is 3. The average Bonchev–Trinajstić information content (AvgIpc) is 3.36. The zero-order chi connectivity index (χ0) is 31.7. The molecule has 232 valence electrons. The van der Waals surface area contributed by atoms with E-state index in [1.165, 1.54) is 4.90 Å². The van der Waals surface area contributed by atoms with Crippen LogP contribution in [0.15, 0.2) is 91.0 Å². The van der Waals surface area contributed by atoms with Gasteiger partial charge in [0.25, 0.3) is 5.91 Å². The maximum Gasteiger partial charge on any atom is 0.429 e. The van der Waals surface area contributed by atoms with Gasteiger partial charge >= 0.3 is 6.09 Å². The van der Waals surface area contributed by atoms with Crippen molar-refractivity contribution in [2.45, 2.75) is 76.9 Å². The third kappa shape index (κ3) is 9.15. The molecule has 0 aliphatic carbocycles. The second kappa shape index (κ2) is 14.7. The van der Waals surface area contributed by atoms with E-state index < -0.39 is 41.7 Å². The summed E-state index contributed by atoms with van der Waals surface area (Å²) in [6.07, 6.45) is -1.86. The third-order valence-electron chi connectivity index (χ3n) is 7.15. The van der Waals surface area contributed by atoms with Gasteiger partial charge in [-0.1, -0.05) is 91.0 Å². The number of carbonyl (C=O) groups is 4. The lowest BCUT2D eigenvalue weighted by Crippen LogP contribution is -2.58. The van der Waals surface area contributed by atoms with E-state index in [2.05, 4.69) is 10.7 Å². The van der Waals surface area contributed by atoms with Gasteiger partial charge in [0.2, 0.25) is 11.8 Å². The van der Waals surface area contributed by atoms with E-state index in [0.717, 1.165) is 21.7 Å². The molecule has 0 aromatic heterocycles. The number of nitrogens with one attached hydrogen (secondary N) is 2. The number of aliphatic hydroxyl groups excluding tert-OH is 1. The Hall–Kier alpha value is -4.70. The molecule has 3 atom stereocenters. The molecule has 0 radical (unpaired) electrons. The summed E-state index contributed by atoms with van der Waals surface area (Å²) < 4.78 is 5.50. The topological polar surface area (TPSA) is 128 Å². The minimum absolute atomic E-state index is 0.0114. The molecular formula is C34H40N4O6. The number of nitrogens with zero attached hydrogens (tertiary/aromatic N) is 2. The molecule has 44 heavy (non-hydrogen) atoms. The van der Waals surface area contributed by atoms with Crippen molar-refractivity contribution in [1.82, 2.24) is 20.7 Å². The van der Waals surface area contributed by atoms with Gasteiger partial charge in [0.1, 0.15) is 11.6 Å². The summed E-state index contributed by atoms with van der Waals surface area (Å²) in [7, 11) is 0. The fraction of sp³-hybridized carbons (Fsp3) is 0.353. The van der Waals surface area contributed by atoms with Gasteiger partial charge in [-0.15, -0.1) is 0 Å². The summed E-state index contributed by atoms with van der Waals surface area (Å²) in [6, 6.07) is 25.7. The van der Waals surface area contributed by atoms with Crippen molar-refractivity contribution in [1.29, 1.82) is 0 Å². The highest BCUT2D eigenvalue weighted by Crippen LogP contribution is 2.22. The quantitative estimate of drug-likeness (QED) is 0.304. The number of hydrogen-bond donors (Lipinski definition) is 3. The molecule has 0 bridgehead atoms. The van der Waals surface area contributed by atoms with Crippen LogP contribution in [0.25, 0.3) is 0 Å². The van der Waals surface area contributed by atoms with Crippen LogP contribution in [-0.4, -0.2) is 62.6 Å². The normalized spacial score (nSPS) is 16.1. The van der Waals surface area contributed by atoms with Crippen LogP contribution in [0.5, 0.6) is 0 Å². The summed E-state index contributed by atoms with van der Waals surface area (Å²) in [6.45, 7) is 5.39. The van der Waals surface area contributed by atoms with Gasteiger partial charge in [-0.25, -0.2) is 9.80 Å². The highest BCUT2D eigenvalue weighted by atomic mass is 16.6. The number of hydrazine groups is 1. The van der Waals surface area contributed by atoms with Crippen LogP contribution in [0.4, 0.5) is 4.79 Å². The number of rotatable bonds is 10. The molecule has 0 spiro atoms. The molecule has 3 aromatic carbocycles. The lowest BCUT2D eigenvalue weighted by atomic mass is 10.00. The Morgan fingerprint density at radius 3 is 2.02 bits per heavy atom. The molecule has 0 saturated carbocycles. The second-order valence-corrected chi connectivity index (χ2v) is 11.8. The van der Waals surface area contributed by atoms with Gasteiger partial charge in [-0.05, 0) is 50.3 Å². The van der Waals surface area contributed by atoms with E-state index in [0.29, 0.717) is 6.42 Å². The van der Waals surface area contributed by atoms with E-state index in [1.54, 1.807) is 45.0 Å². The van der Waals surface area contributed by atoms with Crippen molar-refractivity contribution >= 4 is 23.8 Å². The van der Waals surface area contributed by atoms with Crippen LogP contribution in [-0.2, 0) is 38.6 Å². The number of aliphatic hydroxyl groups is 1. The smallest absolute Gasteiger partial charge is 0.429 e. The number of likely N-dealkylation sites (tertiary alicyclic amines) is 1. The van der Waals surface area contributed by atoms with Gasteiger partial charge in [0.15, 0.2) is 6.10 Å². The molecular weight excluding hydrogens is 560 g/mol. The summed E-state index contributed by atoms with van der Waals surface area (Å²) in [5.74, 6) is -1.50. The lowest BCUT2D eigenvalue weighted by molar-refractivity contribution is -0.139. The zero-order valence-corrected chi connectivity index (χ0v) is 25.3. The summed E-state index contributed by atoms with van der Waals surface area (Å²) >= 11 is 0. The van der Waals surface area contributed by atoms with Gasteiger partial charge in [-0.3, -0.25) is 19.8 Å². The largest absolute Gasteiger partial charge is 0.442 e. The first-order valence-electron chi connectivity index (χ1n) is 14.7. The maximum absolute atomic E-state index is 13.6. The third-order valence-corrected chi connectivity index (χ3v) is 7.15. The van der Waals surface area contributed by atoms with E-state index in [1.807, 2.05) is 66.7 Å². The van der Waals surface area contributed by atoms with Crippen molar-refractivity contribution < 1.29 is 29.0 Å². The van der Waals surface area contributed by atoms with Gasteiger partial charge in [0, 0.05) is 13.0 Å². The molecule has 4 amide bonds. The van der Waals surface area contributed by atoms with Crippen molar-refractivity contribution in [3.8, 4) is 0 Å². The summed E-state index contributed by atoms with van der Waals surface area (Å²) in [5, 5.41) is 15.2. The standard InChI is InChI=1S/C34H40N4O6/c1-34(2,3)44-33(43)38(23-26-17-11-6-12-18-26)36-32(42)30(40)27(21-24-13-7-4-8-14-24)35-31(41)28-19-20-29(39)37(28)22-25-15-9-5-10-16-25/h4-18,27-28,30,40H,19-23H2,1-3H3,(H,35,41)(H,36,42)/t27?,28-,30?/m1/s1. The molecule has 4 rings (SSSR count). The molecule has 10 heteroatoms. The van der Waals surface area contributed by atoms with Crippen LogP contribution in [0.3, 0.4) is 0 Å². The SMILES string of the molecule is CC(C)(C)OC(=O)N(Cc1ccccc1)NC(=O)C(O)C(Cc1ccccc1)NC(=O)[C@H]1CCC(=O)N1Cc1ccccc1. The van der Waals surface area contributed by atoms with Crippen molar-refractivity contribution in [2.24, 2.45) is 0 Å². The summed E-state index contributed by atoms with van der Waals surface area (Å²) in [5.41, 5.74) is 4.07. The molecule has 2 unspecified atom stereocenters. The highest BCUT2D eigenvalue weighted by Gasteiger charge is 2.39. The van der Waals surface area contributed by atoms with Crippen molar-refractivity contribution in [2.75, 3.05) is 0 Å². The Bertz CT molecular complexity index is 1410. The fourth-order valence-electron chi connectivity index (χ4n) is 4.99. The molecule has 1 heterocycles. The Morgan fingerprint density at radius 2 is 1.45 bits per heavy atom. The number of carbonyl (C=O) groups excluding carboxylic acids is 4. The Balaban J connectivity index is 1.53. The predicted octanol–water partition coefficient (Wildman–Crippen LogP) is 3.73. The van der Waals surface area contributed by atoms with Gasteiger partial charge in [-0.2, -0.15) is 0 Å². The molecule has 1 saturated heterocycles. The molecule has 3 N–H and O–H groups in total. The van der Waals surface area contributed by atoms with Crippen molar-refractivity contribution in [3.63, 3.8) is 0 Å². The number of amides is 4. The number of ether oxygens (including phenoxy) is 1. The van der Waals surface area contributed by atoms with Gasteiger partial charge in [0.05, 0.1) is 12.6 Å². The van der Waals surface area contributed by atoms with E-state index in [9.17, 15) is 24.3 Å². The Labute approximate surface area is 258 Å². The van der Waals surface area contributed by atoms with E-state index in [4.69, 9.17) is 4.74 Å². The van der Waals surface area contributed by atoms with Crippen LogP contribution < -0.4 is 10.7 Å². The molecule has 3 aromatic rings. The second-order valence-electron chi connectivity index (χ2n) is 11.8. The molecule has 1 aliphatic rings. The monoisotopic (exact) mass is 600 g/mol. The van der Waals surface area contributed by atoms with Crippen molar-refractivity contribution in [3.05, 3.63) is 108 Å². The first kappa shape index (κ1) is 32.2. The van der Waals surface area contributed by atoms with E-state index >= 15 is 0 Å². The fourth-order valence-corrected chi connectivity index (χ4v) is 4.99. The lowest BCUT2D eigenvalue weighted by Gasteiger charge is -2.31. The highest BCUT2D eigenvalue weighted by molar-refractivity contribution is 5.92. The van der Waals surface area contributed by atoms with E-state index in [-0.39, 0.29) is 31.8 Å². The Kier molecular flexibility index (Phi) is 10.7. The Morgan fingerprint density at radius 1 is 0.909 bits per heavy atom. The van der Waals surface area contributed by atoms with Crippen LogP contribution in [0, 0.1) is 0 Å². The average molecular weight is 601 g/mol. The minimum Gasteiger partial charge on any atom is -0.442 e. The van der Waals surface area contributed by atoms with Crippen LogP contribution in [0.2, 0.25) is 0 Å². The van der Waals surface area contributed by atoms with Gasteiger partial charge < -0.3 is 20.1 Å². The molecule has 1 aliphatic heterocycles. The predicted molar refractivity (Wildman–Crippen MR) is 164 cm³/mol. The first-order valence-corrected chi connectivity index (χ1v) is 14.7. The minimum atomic E-state index is -1.74.